The third-order valence-electron chi connectivity index (χ3n) is 14.7. The summed E-state index contributed by atoms with van der Waals surface area (Å²) in [6, 6.07) is 13.7. The van der Waals surface area contributed by atoms with Crippen molar-refractivity contribution >= 4 is 233 Å². The molecule has 0 fully saturated rings. The van der Waals surface area contributed by atoms with E-state index >= 15 is 0 Å². The molecule has 0 N–H and O–H groups in total. The maximum atomic E-state index is 14.6. The summed E-state index contributed by atoms with van der Waals surface area (Å²) in [5.41, 5.74) is 3.73. The molecule has 0 atom stereocenters. The number of nitriles is 4. The van der Waals surface area contributed by atoms with Crippen molar-refractivity contribution in [2.24, 2.45) is 11.8 Å². The van der Waals surface area contributed by atoms with E-state index in [1.165, 1.54) is 57.5 Å². The summed E-state index contributed by atoms with van der Waals surface area (Å²) in [6.07, 6.45) is 2.95. The predicted molar refractivity (Wildman–Crippen MR) is 340 cm³/mol. The molecule has 10 nitrogen and oxygen atoms in total. The monoisotopic (exact) mass is 1330 g/mol. The van der Waals surface area contributed by atoms with Crippen LogP contribution in [0.4, 0.5) is 17.6 Å². The summed E-state index contributed by atoms with van der Waals surface area (Å²) in [6.45, 7) is 9.86. The van der Waals surface area contributed by atoms with E-state index in [1.54, 1.807) is 59.1 Å². The number of aromatic nitrogens is 4. The molecule has 85 heavy (non-hydrogen) atoms. The van der Waals surface area contributed by atoms with Crippen LogP contribution in [0.15, 0.2) is 58.7 Å². The summed E-state index contributed by atoms with van der Waals surface area (Å²) in [4.78, 5) is 31.2. The summed E-state index contributed by atoms with van der Waals surface area (Å²) >= 11 is 38.7. The molecule has 0 saturated heterocycles. The van der Waals surface area contributed by atoms with Gasteiger partial charge in [-0.1, -0.05) is 74.1 Å². The first-order valence-corrected chi connectivity index (χ1v) is 32.5. The molecular formula is C60H26Cl4F4N8O2S7. The molecule has 416 valence electrons. The number of fused-ring (bicyclic) bond motifs is 16. The van der Waals surface area contributed by atoms with Crippen LogP contribution in [-0.4, -0.2) is 29.4 Å². The zero-order valence-corrected chi connectivity index (χ0v) is 52.2. The van der Waals surface area contributed by atoms with Crippen molar-refractivity contribution in [3.63, 3.8) is 0 Å². The lowest BCUT2D eigenvalue weighted by Gasteiger charge is -2.15. The van der Waals surface area contributed by atoms with E-state index < -0.39 is 46.0 Å². The standard InChI is InChI=1S/C60H26Cl4F4N8O2S7/c1-19(2)17-75-45-39(53-47(75)59-57(81-53)41(63)55(83-59)51-31(61)7-23(79-51)5-29-37(21(13-69)14-70)25-9-33(65)35(67)11-27(25)49(29)77)43-44(74-85-73-43)40-46(45)76(18-20(3)4)48-54(40)82-58-42(64)56(84-60(48)58)52-32(62)8-24(80-52)6-30-38(22(15-71)16-72)26-10-34(66)36(68)12-28(26)50(30)78/h5-12,19-20H,17-18H2,1-4H3/b29-5-,30-6-. The van der Waals surface area contributed by atoms with Crippen molar-refractivity contribution in [2.45, 2.75) is 40.8 Å². The van der Waals surface area contributed by atoms with Gasteiger partial charge in [-0.25, -0.2) is 17.6 Å². The lowest BCUT2D eigenvalue weighted by molar-refractivity contribution is 0.103. The Hall–Kier alpha value is -7.06. The van der Waals surface area contributed by atoms with Crippen LogP contribution in [0.25, 0.3) is 115 Å². The second-order valence-electron chi connectivity index (χ2n) is 20.8. The van der Waals surface area contributed by atoms with Gasteiger partial charge in [0.2, 0.25) is 0 Å². The molecule has 0 amide bonds. The SMILES string of the molecule is CC(C)Cn1c2c3sc(-c4sc(/C=C5\C(=O)c6cc(F)c(F)cc6C5=C(C#N)C#N)cc4Cl)c(Cl)c3sc2c2c3nsnc3c3c4sc5c(Cl)c(-c6sc(/C=C7\C(=O)c8cc(F)c(F)cc8C7=C(C#N)C#N)cc6Cl)sc5c4n(CC(C)C)c3c21. The van der Waals surface area contributed by atoms with Crippen LogP contribution < -0.4 is 0 Å². The molecule has 0 saturated carbocycles. The van der Waals surface area contributed by atoms with E-state index in [4.69, 9.17) is 55.2 Å². The molecule has 14 rings (SSSR count). The van der Waals surface area contributed by atoms with Gasteiger partial charge in [-0.2, -0.15) is 29.8 Å². The molecule has 0 aliphatic heterocycles. The molecule has 25 heteroatoms. The normalized spacial score (nSPS) is 14.4. The summed E-state index contributed by atoms with van der Waals surface area (Å²) in [5, 5.41) is 43.1. The van der Waals surface area contributed by atoms with E-state index in [-0.39, 0.29) is 56.4 Å². The van der Waals surface area contributed by atoms with Gasteiger partial charge in [0.15, 0.2) is 34.8 Å². The first-order valence-electron chi connectivity index (χ1n) is 25.3. The van der Waals surface area contributed by atoms with Crippen LogP contribution in [-0.2, 0) is 13.1 Å². The Morgan fingerprint density at radius 2 is 0.871 bits per heavy atom. The summed E-state index contributed by atoms with van der Waals surface area (Å²) in [7, 11) is 0. The number of hydrogen-bond acceptors (Lipinski definition) is 15. The zero-order chi connectivity index (χ0) is 59.7. The fraction of sp³-hybridized carbons (Fsp3) is 0.133. The highest BCUT2D eigenvalue weighted by atomic mass is 35.5. The van der Waals surface area contributed by atoms with Gasteiger partial charge in [-0.15, -0.1) is 68.0 Å². The number of nitrogens with zero attached hydrogens (tertiary/aromatic N) is 8. The van der Waals surface area contributed by atoms with Gasteiger partial charge >= 0.3 is 0 Å². The molecule has 12 aromatic rings. The average Bonchev–Trinajstić information content (AvgIpc) is 1.53. The number of allylic oxidation sites excluding steroid dienone is 6. The average molecular weight is 1330 g/mol. The van der Waals surface area contributed by atoms with Gasteiger partial charge in [-0.3, -0.25) is 9.59 Å². The minimum Gasteiger partial charge on any atom is -0.337 e. The van der Waals surface area contributed by atoms with Crippen LogP contribution in [0.1, 0.15) is 69.3 Å². The van der Waals surface area contributed by atoms with Crippen molar-refractivity contribution < 1.29 is 27.2 Å². The van der Waals surface area contributed by atoms with E-state index in [0.717, 1.165) is 108 Å². The molecule has 2 aliphatic rings. The number of Topliss-reactive ketones (excluding diaryl/α,β-unsaturated/α-hetero) is 2. The number of halogens is 8. The maximum Gasteiger partial charge on any atom is 0.194 e. The quantitative estimate of drug-likeness (QED) is 0.0824. The fourth-order valence-electron chi connectivity index (χ4n) is 11.5. The lowest BCUT2D eigenvalue weighted by Crippen LogP contribution is -2.07. The zero-order valence-electron chi connectivity index (χ0n) is 43.5. The molecule has 0 spiro atoms. The number of rotatable bonds is 8. The number of ketones is 2. The Balaban J connectivity index is 0.942. The Bertz CT molecular complexity index is 5120. The second kappa shape index (κ2) is 20.3. The first-order chi connectivity index (χ1) is 40.8. The van der Waals surface area contributed by atoms with Crippen LogP contribution in [0.2, 0.25) is 20.1 Å². The fourth-order valence-corrected chi connectivity index (χ4v) is 21.7. The van der Waals surface area contributed by atoms with Gasteiger partial charge in [0.1, 0.15) is 46.5 Å². The van der Waals surface area contributed by atoms with Crippen LogP contribution in [0.3, 0.4) is 0 Å². The van der Waals surface area contributed by atoms with Gasteiger partial charge in [0, 0.05) is 67.0 Å². The van der Waals surface area contributed by atoms with Gasteiger partial charge in [-0.05, 0) is 71.5 Å². The number of carbonyl (C=O) groups excluding carboxylic acids is 2. The van der Waals surface area contributed by atoms with Gasteiger partial charge < -0.3 is 9.13 Å². The van der Waals surface area contributed by atoms with Crippen molar-refractivity contribution in [2.75, 3.05) is 0 Å². The topological polar surface area (TPSA) is 165 Å². The second-order valence-corrected chi connectivity index (χ2v) is 29.1. The number of benzene rings is 3. The first kappa shape index (κ1) is 55.8. The number of carbonyl (C=O) groups is 2. The highest BCUT2D eigenvalue weighted by Crippen LogP contribution is 2.59. The number of hydrogen-bond donors (Lipinski definition) is 0. The number of thiophene rings is 6. The molecule has 9 aromatic heterocycles. The highest BCUT2D eigenvalue weighted by Gasteiger charge is 2.38. The lowest BCUT2D eigenvalue weighted by atomic mass is 9.99. The minimum absolute atomic E-state index is 0.0551. The van der Waals surface area contributed by atoms with E-state index in [2.05, 4.69) is 36.8 Å². The Labute approximate surface area is 525 Å². The van der Waals surface area contributed by atoms with Crippen molar-refractivity contribution in [1.82, 2.24) is 17.9 Å². The maximum absolute atomic E-state index is 14.6. The summed E-state index contributed by atoms with van der Waals surface area (Å²) < 4.78 is 78.4. The smallest absolute Gasteiger partial charge is 0.194 e. The third kappa shape index (κ3) is 8.10. The third-order valence-corrected chi connectivity index (χ3v) is 24.8. The Morgan fingerprint density at radius 3 is 1.22 bits per heavy atom. The predicted octanol–water partition coefficient (Wildman–Crippen LogP) is 20.6. The van der Waals surface area contributed by atoms with Gasteiger partial charge in [0.25, 0.3) is 0 Å². The molecular weight excluding hydrogens is 1310 g/mol. The Morgan fingerprint density at radius 1 is 0.506 bits per heavy atom. The molecule has 3 aromatic carbocycles. The van der Waals surface area contributed by atoms with Gasteiger partial charge in [0.05, 0.1) is 102 Å². The van der Waals surface area contributed by atoms with E-state index in [9.17, 15) is 48.2 Å². The van der Waals surface area contributed by atoms with E-state index in [1.807, 2.05) is 0 Å². The van der Waals surface area contributed by atoms with Crippen molar-refractivity contribution in [1.29, 1.82) is 21.0 Å². The van der Waals surface area contributed by atoms with Crippen LogP contribution in [0.5, 0.6) is 0 Å². The van der Waals surface area contributed by atoms with Crippen LogP contribution >= 0.6 is 126 Å². The van der Waals surface area contributed by atoms with Crippen LogP contribution in [0, 0.1) is 80.4 Å². The highest BCUT2D eigenvalue weighted by molar-refractivity contribution is 7.37. The van der Waals surface area contributed by atoms with E-state index in [0.29, 0.717) is 62.4 Å². The summed E-state index contributed by atoms with van der Waals surface area (Å²) in [5.74, 6) is -5.97. The van der Waals surface area contributed by atoms with Crippen molar-refractivity contribution in [3.05, 3.63) is 134 Å². The largest absolute Gasteiger partial charge is 0.337 e. The molecule has 9 heterocycles. The Kier molecular flexibility index (Phi) is 13.3. The van der Waals surface area contributed by atoms with Crippen molar-refractivity contribution in [3.8, 4) is 43.8 Å². The molecule has 0 radical (unpaired) electrons. The minimum atomic E-state index is -1.24. The molecule has 2 aliphatic carbocycles. The molecule has 0 bridgehead atoms. The molecule has 0 unspecified atom stereocenters.